The van der Waals surface area contributed by atoms with E-state index in [0.717, 1.165) is 0 Å². The van der Waals surface area contributed by atoms with Crippen LogP contribution in [0.2, 0.25) is 5.02 Å². The zero-order valence-corrected chi connectivity index (χ0v) is 11.7. The fraction of sp³-hybridized carbons (Fsp3) is 0.333. The summed E-state index contributed by atoms with van der Waals surface area (Å²) >= 11 is 7.13. The molecule has 1 rings (SSSR count). The maximum Gasteiger partial charge on any atom is 0.321 e. The largest absolute Gasteiger partial charge is 0.480 e. The number of carbonyl (C=O) groups excluding carboxylic acids is 1. The zero-order chi connectivity index (χ0) is 14.3. The normalized spacial score (nSPS) is 11.9. The van der Waals surface area contributed by atoms with Crippen molar-refractivity contribution in [1.82, 2.24) is 0 Å². The molecule has 0 fully saturated rings. The summed E-state index contributed by atoms with van der Waals surface area (Å²) in [5.41, 5.74) is 5.98. The lowest BCUT2D eigenvalue weighted by Crippen LogP contribution is -2.32. The van der Waals surface area contributed by atoms with E-state index in [-0.39, 0.29) is 5.91 Å². The number of hydrogen-bond donors (Lipinski definition) is 3. The fourth-order valence-corrected chi connectivity index (χ4v) is 2.32. The molecular formula is C12H15ClN2O3S. The van der Waals surface area contributed by atoms with Gasteiger partial charge in [0, 0.05) is 28.6 Å². The number of benzene rings is 1. The van der Waals surface area contributed by atoms with Crippen LogP contribution in [0.5, 0.6) is 0 Å². The van der Waals surface area contributed by atoms with E-state index < -0.39 is 12.0 Å². The first-order chi connectivity index (χ1) is 8.99. The second kappa shape index (κ2) is 8.04. The minimum Gasteiger partial charge on any atom is -0.480 e. The summed E-state index contributed by atoms with van der Waals surface area (Å²) in [5, 5.41) is 11.8. The Bertz CT molecular complexity index is 456. The first kappa shape index (κ1) is 15.8. The molecule has 7 heteroatoms. The number of nitrogens with two attached hydrogens (primary N) is 1. The standard InChI is InChI=1S/C12H15ClN2O3S/c13-8-2-1-3-9(6-8)15-11(16)4-5-19-7-10(14)12(17)18/h1-3,6,10H,4-5,7,14H2,(H,15,16)(H,17,18)/t10-/m1/s1. The first-order valence-corrected chi connectivity index (χ1v) is 7.14. The molecule has 1 atom stereocenters. The number of hydrogen-bond acceptors (Lipinski definition) is 4. The number of thioether (sulfide) groups is 1. The van der Waals surface area contributed by atoms with Gasteiger partial charge >= 0.3 is 5.97 Å². The van der Waals surface area contributed by atoms with Gasteiger partial charge < -0.3 is 16.2 Å². The van der Waals surface area contributed by atoms with E-state index in [0.29, 0.717) is 28.6 Å². The third-order valence-electron chi connectivity index (χ3n) is 2.20. The van der Waals surface area contributed by atoms with Crippen molar-refractivity contribution < 1.29 is 14.7 Å². The molecule has 0 aliphatic rings. The maximum absolute atomic E-state index is 11.6. The summed E-state index contributed by atoms with van der Waals surface area (Å²) in [6.45, 7) is 0. The number of halogens is 1. The van der Waals surface area contributed by atoms with Crippen molar-refractivity contribution in [3.8, 4) is 0 Å². The van der Waals surface area contributed by atoms with E-state index in [9.17, 15) is 9.59 Å². The third kappa shape index (κ3) is 6.47. The highest BCUT2D eigenvalue weighted by molar-refractivity contribution is 7.99. The van der Waals surface area contributed by atoms with Crippen LogP contribution in [0.4, 0.5) is 5.69 Å². The molecule has 1 aromatic rings. The lowest BCUT2D eigenvalue weighted by atomic mass is 10.3. The highest BCUT2D eigenvalue weighted by Gasteiger charge is 2.11. The minimum atomic E-state index is -1.03. The minimum absolute atomic E-state index is 0.140. The molecule has 1 aromatic carbocycles. The number of carbonyl (C=O) groups is 2. The van der Waals surface area contributed by atoms with Crippen LogP contribution in [0, 0.1) is 0 Å². The van der Waals surface area contributed by atoms with Crippen LogP contribution < -0.4 is 11.1 Å². The second-order valence-corrected chi connectivity index (χ2v) is 5.41. The highest BCUT2D eigenvalue weighted by Crippen LogP contribution is 2.15. The SMILES string of the molecule is N[C@H](CSCCC(=O)Nc1cccc(Cl)c1)C(=O)O. The van der Waals surface area contributed by atoms with Gasteiger partial charge in [0.15, 0.2) is 0 Å². The Morgan fingerprint density at radius 2 is 2.21 bits per heavy atom. The molecular weight excluding hydrogens is 288 g/mol. The lowest BCUT2D eigenvalue weighted by molar-refractivity contribution is -0.137. The van der Waals surface area contributed by atoms with Gasteiger partial charge in [0.25, 0.3) is 0 Å². The number of aliphatic carboxylic acids is 1. The van der Waals surface area contributed by atoms with Crippen molar-refractivity contribution in [3.63, 3.8) is 0 Å². The molecule has 0 heterocycles. The van der Waals surface area contributed by atoms with E-state index in [1.165, 1.54) is 11.8 Å². The van der Waals surface area contributed by atoms with Crippen LogP contribution in [0.25, 0.3) is 0 Å². The molecule has 0 spiro atoms. The van der Waals surface area contributed by atoms with E-state index in [2.05, 4.69) is 5.32 Å². The van der Waals surface area contributed by atoms with Crippen molar-refractivity contribution in [2.24, 2.45) is 5.73 Å². The van der Waals surface area contributed by atoms with Gasteiger partial charge in [-0.1, -0.05) is 17.7 Å². The van der Waals surface area contributed by atoms with E-state index >= 15 is 0 Å². The molecule has 4 N–H and O–H groups in total. The van der Waals surface area contributed by atoms with Crippen molar-refractivity contribution in [2.45, 2.75) is 12.5 Å². The van der Waals surface area contributed by atoms with Crippen LogP contribution in [0.1, 0.15) is 6.42 Å². The predicted molar refractivity (Wildman–Crippen MR) is 77.6 cm³/mol. The van der Waals surface area contributed by atoms with Gasteiger partial charge in [0.1, 0.15) is 6.04 Å². The fourth-order valence-electron chi connectivity index (χ4n) is 1.24. The van der Waals surface area contributed by atoms with Crippen molar-refractivity contribution >= 4 is 40.9 Å². The van der Waals surface area contributed by atoms with Gasteiger partial charge in [-0.05, 0) is 18.2 Å². The monoisotopic (exact) mass is 302 g/mol. The number of carboxylic acids is 1. The average molecular weight is 303 g/mol. The van der Waals surface area contributed by atoms with Crippen LogP contribution in [-0.2, 0) is 9.59 Å². The Morgan fingerprint density at radius 1 is 1.47 bits per heavy atom. The van der Waals surface area contributed by atoms with Gasteiger partial charge in [-0.25, -0.2) is 0 Å². The van der Waals surface area contributed by atoms with Gasteiger partial charge in [0.05, 0.1) is 0 Å². The van der Waals surface area contributed by atoms with Crippen LogP contribution in [0.3, 0.4) is 0 Å². The van der Waals surface area contributed by atoms with Gasteiger partial charge in [0.2, 0.25) is 5.91 Å². The molecule has 0 radical (unpaired) electrons. The summed E-state index contributed by atoms with van der Waals surface area (Å²) in [6.07, 6.45) is 0.295. The van der Waals surface area contributed by atoms with Crippen molar-refractivity contribution in [2.75, 3.05) is 16.8 Å². The van der Waals surface area contributed by atoms with Crippen molar-refractivity contribution in [3.05, 3.63) is 29.3 Å². The Balaban J connectivity index is 2.23. The number of anilines is 1. The molecule has 0 aliphatic carbocycles. The van der Waals surface area contributed by atoms with Crippen LogP contribution in [0.15, 0.2) is 24.3 Å². The van der Waals surface area contributed by atoms with Crippen molar-refractivity contribution in [1.29, 1.82) is 0 Å². The zero-order valence-electron chi connectivity index (χ0n) is 10.1. The Kier molecular flexibility index (Phi) is 6.69. The first-order valence-electron chi connectivity index (χ1n) is 5.60. The van der Waals surface area contributed by atoms with E-state index in [1.807, 2.05) is 0 Å². The predicted octanol–water partition coefficient (Wildman–Crippen LogP) is 1.81. The molecule has 0 aromatic heterocycles. The summed E-state index contributed by atoms with van der Waals surface area (Å²) < 4.78 is 0. The quantitative estimate of drug-likeness (QED) is 0.668. The number of carboxylic acid groups (broad SMARTS) is 1. The Morgan fingerprint density at radius 3 is 2.84 bits per heavy atom. The van der Waals surface area contributed by atoms with Crippen LogP contribution in [-0.4, -0.2) is 34.5 Å². The molecule has 0 saturated heterocycles. The summed E-state index contributed by atoms with van der Waals surface area (Å²) in [4.78, 5) is 22.1. The van der Waals surface area contributed by atoms with Gasteiger partial charge in [-0.3, -0.25) is 9.59 Å². The smallest absolute Gasteiger partial charge is 0.321 e. The average Bonchev–Trinajstić information content (AvgIpc) is 2.34. The Hall–Kier alpha value is -1.24. The molecule has 104 valence electrons. The summed E-state index contributed by atoms with van der Waals surface area (Å²) in [7, 11) is 0. The summed E-state index contributed by atoms with van der Waals surface area (Å²) in [6, 6.07) is 5.99. The molecule has 5 nitrogen and oxygen atoms in total. The number of rotatable bonds is 7. The lowest BCUT2D eigenvalue weighted by Gasteiger charge is -2.07. The van der Waals surface area contributed by atoms with Gasteiger partial charge in [-0.15, -0.1) is 0 Å². The second-order valence-electron chi connectivity index (χ2n) is 3.83. The maximum atomic E-state index is 11.6. The molecule has 0 unspecified atom stereocenters. The molecule has 1 amide bonds. The molecule has 0 bridgehead atoms. The third-order valence-corrected chi connectivity index (χ3v) is 3.52. The highest BCUT2D eigenvalue weighted by atomic mass is 35.5. The molecule has 0 saturated carbocycles. The topological polar surface area (TPSA) is 92.4 Å². The summed E-state index contributed by atoms with van der Waals surface area (Å²) in [5.74, 6) is -0.359. The Labute approximate surface area is 120 Å². The van der Waals surface area contributed by atoms with Crippen LogP contribution >= 0.6 is 23.4 Å². The molecule has 0 aliphatic heterocycles. The number of nitrogens with one attached hydrogen (secondary N) is 1. The molecule has 19 heavy (non-hydrogen) atoms. The van der Waals surface area contributed by atoms with Gasteiger partial charge in [-0.2, -0.15) is 11.8 Å². The van der Waals surface area contributed by atoms with E-state index in [4.69, 9.17) is 22.4 Å². The number of amides is 1. The van der Waals surface area contributed by atoms with E-state index in [1.54, 1.807) is 24.3 Å².